The molecule has 8 heteroatoms. The quantitative estimate of drug-likeness (QED) is 0.521. The highest BCUT2D eigenvalue weighted by Gasteiger charge is 2.15. The SMILES string of the molecule is CCOCCn1c(=NC(=O)c2cc(C)n(C(C)C)n2)sc2cc(OCC)ccc21. The zero-order chi connectivity index (χ0) is 21.0. The van der Waals surface area contributed by atoms with Gasteiger partial charge in [0, 0.05) is 24.9 Å². The Morgan fingerprint density at radius 1 is 1.24 bits per heavy atom. The molecular weight excluding hydrogens is 388 g/mol. The third-order valence-corrected chi connectivity index (χ3v) is 5.50. The third kappa shape index (κ3) is 4.76. The molecule has 1 aromatic carbocycles. The molecule has 1 amide bonds. The number of hydrogen-bond acceptors (Lipinski definition) is 5. The predicted octanol–water partition coefficient (Wildman–Crippen LogP) is 3.96. The van der Waals surface area contributed by atoms with Crippen molar-refractivity contribution in [3.05, 3.63) is 40.5 Å². The first-order valence-electron chi connectivity index (χ1n) is 9.93. The summed E-state index contributed by atoms with van der Waals surface area (Å²) in [6.07, 6.45) is 0. The molecule has 0 spiro atoms. The van der Waals surface area contributed by atoms with Crippen LogP contribution < -0.4 is 9.54 Å². The largest absolute Gasteiger partial charge is 0.494 e. The normalized spacial score (nSPS) is 12.3. The van der Waals surface area contributed by atoms with E-state index in [1.807, 2.05) is 62.1 Å². The minimum absolute atomic E-state index is 0.189. The number of aryl methyl sites for hydroxylation is 1. The van der Waals surface area contributed by atoms with Crippen LogP contribution in [0.5, 0.6) is 5.75 Å². The molecule has 3 aromatic rings. The predicted molar refractivity (Wildman–Crippen MR) is 115 cm³/mol. The number of thiazole rings is 1. The summed E-state index contributed by atoms with van der Waals surface area (Å²) in [6, 6.07) is 7.91. The van der Waals surface area contributed by atoms with Crippen molar-refractivity contribution in [1.82, 2.24) is 14.3 Å². The second-order valence-corrected chi connectivity index (χ2v) is 7.93. The van der Waals surface area contributed by atoms with E-state index >= 15 is 0 Å². The first-order chi connectivity index (χ1) is 13.9. The highest BCUT2D eigenvalue weighted by molar-refractivity contribution is 7.16. The van der Waals surface area contributed by atoms with Gasteiger partial charge >= 0.3 is 0 Å². The lowest BCUT2D eigenvalue weighted by atomic mass is 10.3. The Kier molecular flexibility index (Phi) is 6.87. The van der Waals surface area contributed by atoms with Crippen molar-refractivity contribution in [2.45, 2.75) is 47.2 Å². The van der Waals surface area contributed by atoms with Gasteiger partial charge < -0.3 is 14.0 Å². The van der Waals surface area contributed by atoms with Crippen LogP contribution in [-0.2, 0) is 11.3 Å². The van der Waals surface area contributed by atoms with E-state index < -0.39 is 0 Å². The van der Waals surface area contributed by atoms with Crippen LogP contribution in [0.2, 0.25) is 0 Å². The van der Waals surface area contributed by atoms with E-state index in [1.54, 1.807) is 6.07 Å². The number of nitrogens with zero attached hydrogens (tertiary/aromatic N) is 4. The van der Waals surface area contributed by atoms with Crippen LogP contribution in [-0.4, -0.2) is 40.1 Å². The fourth-order valence-corrected chi connectivity index (χ4v) is 4.25. The van der Waals surface area contributed by atoms with Gasteiger partial charge in [0.2, 0.25) is 0 Å². The van der Waals surface area contributed by atoms with Crippen LogP contribution in [0.3, 0.4) is 0 Å². The number of carbonyl (C=O) groups excluding carboxylic acids is 1. The first kappa shape index (κ1) is 21.3. The van der Waals surface area contributed by atoms with E-state index in [0.29, 0.717) is 36.9 Å². The smallest absolute Gasteiger partial charge is 0.300 e. The molecule has 7 nitrogen and oxygen atoms in total. The Labute approximate surface area is 174 Å². The average molecular weight is 417 g/mol. The van der Waals surface area contributed by atoms with Gasteiger partial charge in [-0.15, -0.1) is 0 Å². The molecule has 0 saturated heterocycles. The third-order valence-electron chi connectivity index (χ3n) is 4.46. The van der Waals surface area contributed by atoms with Crippen molar-refractivity contribution in [2.24, 2.45) is 4.99 Å². The summed E-state index contributed by atoms with van der Waals surface area (Å²) in [5, 5.41) is 4.43. The molecule has 0 aliphatic carbocycles. The molecule has 0 fully saturated rings. The Hall–Kier alpha value is -2.45. The molecule has 0 radical (unpaired) electrons. The monoisotopic (exact) mass is 416 g/mol. The van der Waals surface area contributed by atoms with E-state index in [4.69, 9.17) is 9.47 Å². The summed E-state index contributed by atoms with van der Waals surface area (Å²) >= 11 is 1.47. The molecule has 2 aromatic heterocycles. The molecule has 156 valence electrons. The molecule has 29 heavy (non-hydrogen) atoms. The van der Waals surface area contributed by atoms with Gasteiger partial charge in [-0.25, -0.2) is 0 Å². The van der Waals surface area contributed by atoms with Crippen molar-refractivity contribution >= 4 is 27.5 Å². The van der Waals surface area contributed by atoms with Crippen molar-refractivity contribution < 1.29 is 14.3 Å². The molecule has 0 atom stereocenters. The summed E-state index contributed by atoms with van der Waals surface area (Å²) in [7, 11) is 0. The molecule has 0 saturated carbocycles. The van der Waals surface area contributed by atoms with Gasteiger partial charge in [0.15, 0.2) is 10.5 Å². The number of hydrogen-bond donors (Lipinski definition) is 0. The summed E-state index contributed by atoms with van der Waals surface area (Å²) in [5.41, 5.74) is 2.31. The number of aromatic nitrogens is 3. The van der Waals surface area contributed by atoms with Crippen molar-refractivity contribution in [3.8, 4) is 5.75 Å². The van der Waals surface area contributed by atoms with Crippen LogP contribution in [0, 0.1) is 6.92 Å². The first-order valence-corrected chi connectivity index (χ1v) is 10.7. The summed E-state index contributed by atoms with van der Waals surface area (Å²) in [5.74, 6) is 0.469. The zero-order valence-corrected chi connectivity index (χ0v) is 18.5. The highest BCUT2D eigenvalue weighted by atomic mass is 32.1. The summed E-state index contributed by atoms with van der Waals surface area (Å²) in [4.78, 5) is 17.9. The van der Waals surface area contributed by atoms with Gasteiger partial charge in [-0.3, -0.25) is 9.48 Å². The lowest BCUT2D eigenvalue weighted by molar-refractivity contribution is 0.0991. The highest BCUT2D eigenvalue weighted by Crippen LogP contribution is 2.23. The van der Waals surface area contributed by atoms with E-state index in [9.17, 15) is 4.79 Å². The van der Waals surface area contributed by atoms with Gasteiger partial charge in [0.25, 0.3) is 5.91 Å². The summed E-state index contributed by atoms with van der Waals surface area (Å²) in [6.45, 7) is 12.4. The Morgan fingerprint density at radius 2 is 2.03 bits per heavy atom. The fraction of sp³-hybridized carbons (Fsp3) is 0.476. The Bertz CT molecular complexity index is 1060. The minimum atomic E-state index is -0.339. The van der Waals surface area contributed by atoms with Gasteiger partial charge in [-0.05, 0) is 58.9 Å². The molecule has 0 N–H and O–H groups in total. The molecule has 0 aliphatic heterocycles. The standard InChI is InChI=1S/C21H28N4O3S/c1-6-27-11-10-24-18-9-8-16(28-7-2)13-19(18)29-21(24)22-20(26)17-12-15(5)25(23-17)14(3)4/h8-9,12-14H,6-7,10-11H2,1-5H3. The van der Waals surface area contributed by atoms with E-state index in [2.05, 4.69) is 10.1 Å². The lowest BCUT2D eigenvalue weighted by Crippen LogP contribution is -2.20. The number of carbonyl (C=O) groups is 1. The van der Waals surface area contributed by atoms with Crippen LogP contribution >= 0.6 is 11.3 Å². The number of benzene rings is 1. The molecule has 0 bridgehead atoms. The maximum Gasteiger partial charge on any atom is 0.300 e. The van der Waals surface area contributed by atoms with Gasteiger partial charge in [0.05, 0.1) is 23.4 Å². The maximum atomic E-state index is 12.8. The number of amides is 1. The van der Waals surface area contributed by atoms with Crippen molar-refractivity contribution in [3.63, 3.8) is 0 Å². The number of fused-ring (bicyclic) bond motifs is 1. The Morgan fingerprint density at radius 3 is 2.69 bits per heavy atom. The molecule has 0 unspecified atom stereocenters. The van der Waals surface area contributed by atoms with E-state index in [1.165, 1.54) is 11.3 Å². The minimum Gasteiger partial charge on any atom is -0.494 e. The van der Waals surface area contributed by atoms with Crippen LogP contribution in [0.15, 0.2) is 29.3 Å². The topological polar surface area (TPSA) is 70.6 Å². The van der Waals surface area contributed by atoms with Crippen LogP contribution in [0.1, 0.15) is 49.9 Å². The van der Waals surface area contributed by atoms with Crippen molar-refractivity contribution in [2.75, 3.05) is 19.8 Å². The molecule has 0 aliphatic rings. The zero-order valence-electron chi connectivity index (χ0n) is 17.6. The van der Waals surface area contributed by atoms with E-state index in [-0.39, 0.29) is 11.9 Å². The van der Waals surface area contributed by atoms with Gasteiger partial charge in [0.1, 0.15) is 5.75 Å². The lowest BCUT2D eigenvalue weighted by Gasteiger charge is -2.07. The fourth-order valence-electron chi connectivity index (χ4n) is 3.17. The number of ether oxygens (including phenoxy) is 2. The second-order valence-electron chi connectivity index (χ2n) is 6.92. The number of rotatable bonds is 8. The second kappa shape index (κ2) is 9.37. The molecular formula is C21H28N4O3S. The van der Waals surface area contributed by atoms with E-state index in [0.717, 1.165) is 21.7 Å². The Balaban J connectivity index is 2.04. The van der Waals surface area contributed by atoms with Gasteiger partial charge in [-0.2, -0.15) is 10.1 Å². The van der Waals surface area contributed by atoms with Crippen LogP contribution in [0.25, 0.3) is 10.2 Å². The summed E-state index contributed by atoms with van der Waals surface area (Å²) < 4.78 is 16.0. The van der Waals surface area contributed by atoms with Crippen molar-refractivity contribution in [1.29, 1.82) is 0 Å². The van der Waals surface area contributed by atoms with Gasteiger partial charge in [-0.1, -0.05) is 11.3 Å². The maximum absolute atomic E-state index is 12.8. The molecule has 2 heterocycles. The van der Waals surface area contributed by atoms with Crippen LogP contribution in [0.4, 0.5) is 0 Å². The average Bonchev–Trinajstić information content (AvgIpc) is 3.23. The molecule has 3 rings (SSSR count).